The molecule has 0 radical (unpaired) electrons. The van der Waals surface area contributed by atoms with Crippen LogP contribution in [0, 0.1) is 0 Å². The highest BCUT2D eigenvalue weighted by Crippen LogP contribution is 2.21. The van der Waals surface area contributed by atoms with Gasteiger partial charge in [-0.25, -0.2) is 4.79 Å². The molecule has 2 atom stereocenters. The van der Waals surface area contributed by atoms with Crippen LogP contribution in [0.25, 0.3) is 0 Å². The average molecular weight is 429 g/mol. The lowest BCUT2D eigenvalue weighted by Crippen LogP contribution is -2.54. The number of carbonyl (C=O) groups is 4. The Bertz CT molecular complexity index is 672. The molecule has 1 saturated heterocycles. The van der Waals surface area contributed by atoms with Crippen molar-refractivity contribution >= 4 is 29.8 Å². The molecule has 8 N–H and O–H groups in total. The van der Waals surface area contributed by atoms with Crippen LogP contribution >= 0.6 is 0 Å². The summed E-state index contributed by atoms with van der Waals surface area (Å²) < 4.78 is 5.34. The Morgan fingerprint density at radius 2 is 1.87 bits per heavy atom. The molecule has 1 rings (SSSR count). The largest absolute Gasteiger partial charge is 0.444 e. The van der Waals surface area contributed by atoms with Crippen molar-refractivity contribution in [1.82, 2.24) is 15.5 Å². The number of nitrogens with zero attached hydrogens (tertiary/aromatic N) is 2. The molecule has 1 fully saturated rings. The number of amides is 4. The van der Waals surface area contributed by atoms with Crippen LogP contribution in [0.15, 0.2) is 5.16 Å². The monoisotopic (exact) mass is 429 g/mol. The molecule has 0 aromatic rings. The van der Waals surface area contributed by atoms with Crippen molar-refractivity contribution in [2.24, 2.45) is 22.4 Å². The fraction of sp³-hybridized carbons (Fsp3) is 0.706. The van der Waals surface area contributed by atoms with Crippen LogP contribution in [0.2, 0.25) is 0 Å². The maximum Gasteiger partial charge on any atom is 0.410 e. The molecule has 0 aromatic heterocycles. The van der Waals surface area contributed by atoms with E-state index in [0.717, 1.165) is 0 Å². The molecular formula is C17H31N7O6. The smallest absolute Gasteiger partial charge is 0.410 e. The van der Waals surface area contributed by atoms with E-state index in [2.05, 4.69) is 15.8 Å². The summed E-state index contributed by atoms with van der Waals surface area (Å²) in [4.78, 5) is 54.6. The predicted molar refractivity (Wildman–Crippen MR) is 106 cm³/mol. The fourth-order valence-electron chi connectivity index (χ4n) is 2.70. The highest BCUT2D eigenvalue weighted by Gasteiger charge is 2.38. The van der Waals surface area contributed by atoms with E-state index in [1.807, 2.05) is 0 Å². The number of carbonyl (C=O) groups excluding carboxylic acids is 4. The normalized spacial score (nSPS) is 16.9. The molecule has 0 unspecified atom stereocenters. The Morgan fingerprint density at radius 3 is 2.43 bits per heavy atom. The number of hydrogen-bond donors (Lipinski definition) is 5. The third-order valence-corrected chi connectivity index (χ3v) is 3.92. The number of nitrogens with one attached hydrogen (secondary N) is 2. The van der Waals surface area contributed by atoms with Gasteiger partial charge in [0.15, 0.2) is 0 Å². The molecule has 0 saturated carbocycles. The van der Waals surface area contributed by atoms with Gasteiger partial charge in [0.2, 0.25) is 23.7 Å². The number of primary amides is 1. The molecule has 1 aliphatic rings. The van der Waals surface area contributed by atoms with Crippen molar-refractivity contribution in [1.29, 1.82) is 0 Å². The van der Waals surface area contributed by atoms with Crippen molar-refractivity contribution in [2.75, 3.05) is 19.7 Å². The highest BCUT2D eigenvalue weighted by molar-refractivity contribution is 5.92. The molecule has 0 spiro atoms. The summed E-state index contributed by atoms with van der Waals surface area (Å²) in [7, 11) is 0. The van der Waals surface area contributed by atoms with Crippen LogP contribution in [0.4, 0.5) is 4.79 Å². The van der Waals surface area contributed by atoms with Crippen molar-refractivity contribution in [2.45, 2.75) is 57.7 Å². The lowest BCUT2D eigenvalue weighted by Gasteiger charge is -2.29. The Balaban J connectivity index is 2.80. The quantitative estimate of drug-likeness (QED) is 0.120. The number of guanidine groups is 1. The van der Waals surface area contributed by atoms with Crippen LogP contribution < -0.4 is 27.8 Å². The first kappa shape index (κ1) is 24.8. The van der Waals surface area contributed by atoms with E-state index in [1.165, 1.54) is 4.90 Å². The van der Waals surface area contributed by atoms with Gasteiger partial charge in [0.05, 0.1) is 6.54 Å². The average Bonchev–Trinajstić information content (AvgIpc) is 3.10. The number of hydrogen-bond acceptors (Lipinski definition) is 7. The van der Waals surface area contributed by atoms with E-state index < -0.39 is 48.0 Å². The van der Waals surface area contributed by atoms with Crippen LogP contribution in [0.1, 0.15) is 40.0 Å². The Morgan fingerprint density at radius 1 is 1.20 bits per heavy atom. The molecule has 13 nitrogen and oxygen atoms in total. The Labute approximate surface area is 174 Å². The zero-order chi connectivity index (χ0) is 22.9. The van der Waals surface area contributed by atoms with Crippen molar-refractivity contribution in [3.05, 3.63) is 0 Å². The second kappa shape index (κ2) is 11.1. The summed E-state index contributed by atoms with van der Waals surface area (Å²) in [5, 5.41) is 8.23. The fourth-order valence-corrected chi connectivity index (χ4v) is 2.70. The van der Waals surface area contributed by atoms with E-state index in [-0.39, 0.29) is 19.0 Å². The van der Waals surface area contributed by atoms with E-state index in [9.17, 15) is 19.2 Å². The van der Waals surface area contributed by atoms with Gasteiger partial charge >= 0.3 is 6.09 Å². The summed E-state index contributed by atoms with van der Waals surface area (Å²) in [6.07, 6.45) is 0.437. The van der Waals surface area contributed by atoms with Crippen LogP contribution in [0.5, 0.6) is 0 Å². The van der Waals surface area contributed by atoms with E-state index in [0.29, 0.717) is 19.4 Å². The van der Waals surface area contributed by atoms with Crippen molar-refractivity contribution in [3.8, 4) is 0 Å². The van der Waals surface area contributed by atoms with E-state index in [1.54, 1.807) is 20.8 Å². The minimum atomic E-state index is -1.06. The van der Waals surface area contributed by atoms with Crippen LogP contribution in [0.3, 0.4) is 0 Å². The minimum Gasteiger partial charge on any atom is -0.444 e. The van der Waals surface area contributed by atoms with Crippen LogP contribution in [-0.2, 0) is 24.0 Å². The van der Waals surface area contributed by atoms with Gasteiger partial charge in [0.1, 0.15) is 24.3 Å². The highest BCUT2D eigenvalue weighted by atomic mass is 16.6. The lowest BCUT2D eigenvalue weighted by molar-refractivity contribution is -0.132. The summed E-state index contributed by atoms with van der Waals surface area (Å²) in [5.41, 5.74) is 14.6. The topological polar surface area (TPSA) is 204 Å². The summed E-state index contributed by atoms with van der Waals surface area (Å²) in [6, 6.07) is -1.85. The van der Waals surface area contributed by atoms with Gasteiger partial charge in [0, 0.05) is 13.0 Å². The standard InChI is InChI=1S/C17H31N7O6/c1-17(2,3)30-16(28)24-7-4-5-11(24)14(27)22-10(6-8-29-23-15(19)20)13(26)21-9-12(18)25/h10-11H,4-9H2,1-3H3,(H2,18,25)(H,21,26)(H,22,27)(H4,19,20,23)/t10-,11-/m0/s1. The lowest BCUT2D eigenvalue weighted by atomic mass is 10.1. The molecule has 0 aromatic carbocycles. The maximum atomic E-state index is 12.8. The molecule has 0 aliphatic carbocycles. The first-order valence-corrected chi connectivity index (χ1v) is 9.47. The maximum absolute atomic E-state index is 12.8. The molecule has 30 heavy (non-hydrogen) atoms. The Kier molecular flexibility index (Phi) is 9.15. The van der Waals surface area contributed by atoms with Gasteiger partial charge in [0.25, 0.3) is 0 Å². The number of oxime groups is 1. The van der Waals surface area contributed by atoms with Gasteiger partial charge in [-0.1, -0.05) is 0 Å². The SMILES string of the molecule is CC(C)(C)OC(=O)N1CCC[C@H]1C(=O)N[C@@H](CCON=C(N)N)C(=O)NCC(N)=O. The van der Waals surface area contributed by atoms with Gasteiger partial charge in [-0.15, -0.1) is 0 Å². The molecule has 4 amide bonds. The number of ether oxygens (including phenoxy) is 1. The Hall–Kier alpha value is -3.25. The van der Waals surface area contributed by atoms with Crippen molar-refractivity contribution in [3.63, 3.8) is 0 Å². The third kappa shape index (κ3) is 8.84. The van der Waals surface area contributed by atoms with Gasteiger partial charge < -0.3 is 37.4 Å². The molecule has 0 bridgehead atoms. The third-order valence-electron chi connectivity index (χ3n) is 3.92. The van der Waals surface area contributed by atoms with Gasteiger partial charge in [-0.3, -0.25) is 19.3 Å². The summed E-state index contributed by atoms with van der Waals surface area (Å²) in [5.74, 6) is -2.21. The van der Waals surface area contributed by atoms with E-state index >= 15 is 0 Å². The predicted octanol–water partition coefficient (Wildman–Crippen LogP) is -1.93. The second-order valence-electron chi connectivity index (χ2n) is 7.72. The van der Waals surface area contributed by atoms with Gasteiger partial charge in [-0.05, 0) is 38.8 Å². The number of nitrogens with two attached hydrogens (primary N) is 3. The molecule has 170 valence electrons. The summed E-state index contributed by atoms with van der Waals surface area (Å²) in [6.45, 7) is 5.06. The summed E-state index contributed by atoms with van der Waals surface area (Å²) >= 11 is 0. The molecule has 1 aliphatic heterocycles. The number of likely N-dealkylation sites (tertiary alicyclic amines) is 1. The minimum absolute atomic E-state index is 0.00622. The number of rotatable bonds is 9. The first-order valence-electron chi connectivity index (χ1n) is 9.47. The van der Waals surface area contributed by atoms with Crippen molar-refractivity contribution < 1.29 is 28.8 Å². The van der Waals surface area contributed by atoms with E-state index in [4.69, 9.17) is 26.8 Å². The first-order chi connectivity index (χ1) is 13.9. The molecule has 1 heterocycles. The second-order valence-corrected chi connectivity index (χ2v) is 7.72. The van der Waals surface area contributed by atoms with Crippen LogP contribution in [-0.4, -0.2) is 72.1 Å². The zero-order valence-electron chi connectivity index (χ0n) is 17.5. The zero-order valence-corrected chi connectivity index (χ0v) is 17.5. The molecular weight excluding hydrogens is 398 g/mol. The molecule has 13 heteroatoms. The van der Waals surface area contributed by atoms with Gasteiger partial charge in [-0.2, -0.15) is 0 Å².